The number of hydrogen-bond acceptors (Lipinski definition) is 5. The molecular weight excluding hydrogens is 272 g/mol. The van der Waals surface area contributed by atoms with E-state index in [9.17, 15) is 13.9 Å². The summed E-state index contributed by atoms with van der Waals surface area (Å²) in [6.45, 7) is 1.24. The van der Waals surface area contributed by atoms with Gasteiger partial charge in [-0.3, -0.25) is 0 Å². The number of β-amino-alcohol motifs (C(OH)–C–C–N with tert-alkyl or cyclic N) is 1. The van der Waals surface area contributed by atoms with Crippen LogP contribution in [0.2, 0.25) is 0 Å². The Bertz CT molecular complexity index is 584. The minimum atomic E-state index is -0.650. The number of aliphatic hydroxyl groups is 1. The van der Waals surface area contributed by atoms with E-state index in [0.717, 1.165) is 17.6 Å². The molecule has 0 bridgehead atoms. The van der Waals surface area contributed by atoms with Crippen molar-refractivity contribution in [3.8, 4) is 11.4 Å². The van der Waals surface area contributed by atoms with Gasteiger partial charge in [-0.15, -0.1) is 0 Å². The predicted octanol–water partition coefficient (Wildman–Crippen LogP) is 2.05. The SMILES string of the molecule is OC1CCN(c2nc(-c3cc(F)cc(F)c3)ns2)C1. The van der Waals surface area contributed by atoms with Crippen LogP contribution in [0.25, 0.3) is 11.4 Å². The van der Waals surface area contributed by atoms with Crippen LogP contribution in [-0.4, -0.2) is 33.7 Å². The highest BCUT2D eigenvalue weighted by Gasteiger charge is 2.23. The third-order valence-corrected chi connectivity index (χ3v) is 3.75. The first-order valence-corrected chi connectivity index (χ1v) is 6.62. The summed E-state index contributed by atoms with van der Waals surface area (Å²) in [6, 6.07) is 3.22. The van der Waals surface area contributed by atoms with Crippen LogP contribution in [0.1, 0.15) is 6.42 Å². The lowest BCUT2D eigenvalue weighted by atomic mass is 10.2. The minimum Gasteiger partial charge on any atom is -0.391 e. The van der Waals surface area contributed by atoms with Crippen LogP contribution < -0.4 is 4.90 Å². The molecule has 4 nitrogen and oxygen atoms in total. The van der Waals surface area contributed by atoms with Crippen molar-refractivity contribution in [2.75, 3.05) is 18.0 Å². The van der Waals surface area contributed by atoms with Crippen molar-refractivity contribution in [3.63, 3.8) is 0 Å². The van der Waals surface area contributed by atoms with E-state index >= 15 is 0 Å². The fourth-order valence-corrected chi connectivity index (χ4v) is 2.78. The van der Waals surface area contributed by atoms with Gasteiger partial charge in [0.15, 0.2) is 5.82 Å². The summed E-state index contributed by atoms with van der Waals surface area (Å²) in [6.07, 6.45) is 0.350. The summed E-state index contributed by atoms with van der Waals surface area (Å²) in [5, 5.41) is 10.1. The number of aromatic nitrogens is 2. The van der Waals surface area contributed by atoms with Gasteiger partial charge in [-0.1, -0.05) is 0 Å². The van der Waals surface area contributed by atoms with Crippen molar-refractivity contribution in [1.82, 2.24) is 9.36 Å². The quantitative estimate of drug-likeness (QED) is 0.916. The lowest BCUT2D eigenvalue weighted by molar-refractivity contribution is 0.198. The van der Waals surface area contributed by atoms with Crippen LogP contribution in [0, 0.1) is 11.6 Å². The van der Waals surface area contributed by atoms with Gasteiger partial charge in [0.2, 0.25) is 5.13 Å². The largest absolute Gasteiger partial charge is 0.391 e. The zero-order valence-electron chi connectivity index (χ0n) is 9.88. The van der Waals surface area contributed by atoms with Crippen molar-refractivity contribution >= 4 is 16.7 Å². The van der Waals surface area contributed by atoms with E-state index in [1.54, 1.807) is 0 Å². The molecule has 1 aromatic heterocycles. The molecule has 1 aromatic carbocycles. The van der Waals surface area contributed by atoms with Crippen molar-refractivity contribution < 1.29 is 13.9 Å². The number of aliphatic hydroxyl groups excluding tert-OH is 1. The average molecular weight is 283 g/mol. The second-order valence-electron chi connectivity index (χ2n) is 4.45. The summed E-state index contributed by atoms with van der Waals surface area (Å²) < 4.78 is 30.4. The van der Waals surface area contributed by atoms with Gasteiger partial charge in [-0.2, -0.15) is 9.36 Å². The zero-order chi connectivity index (χ0) is 13.4. The molecule has 100 valence electrons. The Hall–Kier alpha value is -1.60. The Morgan fingerprint density at radius 2 is 2.00 bits per heavy atom. The summed E-state index contributed by atoms with van der Waals surface area (Å²) >= 11 is 1.16. The highest BCUT2D eigenvalue weighted by atomic mass is 32.1. The molecule has 0 spiro atoms. The highest BCUT2D eigenvalue weighted by Crippen LogP contribution is 2.27. The van der Waals surface area contributed by atoms with Crippen LogP contribution in [0.4, 0.5) is 13.9 Å². The summed E-state index contributed by atoms with van der Waals surface area (Å²) in [4.78, 5) is 6.19. The van der Waals surface area contributed by atoms with E-state index < -0.39 is 11.6 Å². The van der Waals surface area contributed by atoms with Gasteiger partial charge in [0, 0.05) is 36.3 Å². The average Bonchev–Trinajstić information content (AvgIpc) is 2.95. The molecule has 0 radical (unpaired) electrons. The Morgan fingerprint density at radius 3 is 2.63 bits per heavy atom. The van der Waals surface area contributed by atoms with E-state index in [0.29, 0.717) is 36.0 Å². The van der Waals surface area contributed by atoms with E-state index in [1.165, 1.54) is 12.1 Å². The third kappa shape index (κ3) is 2.57. The highest BCUT2D eigenvalue weighted by molar-refractivity contribution is 7.09. The topological polar surface area (TPSA) is 49.2 Å². The van der Waals surface area contributed by atoms with Crippen LogP contribution in [0.5, 0.6) is 0 Å². The van der Waals surface area contributed by atoms with Crippen molar-refractivity contribution in [3.05, 3.63) is 29.8 Å². The molecule has 2 heterocycles. The molecule has 1 atom stereocenters. The van der Waals surface area contributed by atoms with E-state index in [1.807, 2.05) is 4.90 Å². The molecule has 3 rings (SSSR count). The minimum absolute atomic E-state index is 0.305. The number of benzene rings is 1. The van der Waals surface area contributed by atoms with Gasteiger partial charge < -0.3 is 10.0 Å². The molecule has 1 saturated heterocycles. The van der Waals surface area contributed by atoms with Crippen molar-refractivity contribution in [2.45, 2.75) is 12.5 Å². The fourth-order valence-electron chi connectivity index (χ4n) is 2.06. The summed E-state index contributed by atoms with van der Waals surface area (Å²) in [5.74, 6) is -0.995. The maximum absolute atomic E-state index is 13.1. The van der Waals surface area contributed by atoms with Gasteiger partial charge >= 0.3 is 0 Å². The molecule has 0 amide bonds. The first kappa shape index (κ1) is 12.4. The standard InChI is InChI=1S/C12H11F2N3OS/c13-8-3-7(4-9(14)5-8)11-15-12(19-16-11)17-2-1-10(18)6-17/h3-5,10,18H,1-2,6H2. The molecular formula is C12H11F2N3OS. The van der Waals surface area contributed by atoms with Crippen LogP contribution >= 0.6 is 11.5 Å². The molecule has 1 unspecified atom stereocenters. The molecule has 1 N–H and O–H groups in total. The first-order chi connectivity index (χ1) is 9.11. The summed E-state index contributed by atoms with van der Waals surface area (Å²) in [7, 11) is 0. The number of rotatable bonds is 2. The molecule has 0 saturated carbocycles. The fraction of sp³-hybridized carbons (Fsp3) is 0.333. The molecule has 1 aliphatic heterocycles. The number of hydrogen-bond donors (Lipinski definition) is 1. The predicted molar refractivity (Wildman–Crippen MR) is 68.1 cm³/mol. The second-order valence-corrected chi connectivity index (χ2v) is 5.18. The molecule has 1 fully saturated rings. The normalized spacial score (nSPS) is 19.1. The Morgan fingerprint density at radius 1 is 1.26 bits per heavy atom. The summed E-state index contributed by atoms with van der Waals surface area (Å²) in [5.41, 5.74) is 0.319. The molecule has 1 aliphatic rings. The number of anilines is 1. The Balaban J connectivity index is 1.88. The number of nitrogens with zero attached hydrogens (tertiary/aromatic N) is 3. The molecule has 7 heteroatoms. The van der Waals surface area contributed by atoms with Gasteiger partial charge in [-0.25, -0.2) is 8.78 Å². The van der Waals surface area contributed by atoms with Gasteiger partial charge in [0.25, 0.3) is 0 Å². The second kappa shape index (κ2) is 4.82. The van der Waals surface area contributed by atoms with Gasteiger partial charge in [0.05, 0.1) is 6.10 Å². The third-order valence-electron chi connectivity index (χ3n) is 2.97. The molecule has 19 heavy (non-hydrogen) atoms. The van der Waals surface area contributed by atoms with E-state index in [4.69, 9.17) is 0 Å². The smallest absolute Gasteiger partial charge is 0.205 e. The maximum Gasteiger partial charge on any atom is 0.205 e. The zero-order valence-corrected chi connectivity index (χ0v) is 10.7. The number of halogens is 2. The van der Waals surface area contributed by atoms with Crippen LogP contribution in [0.3, 0.4) is 0 Å². The van der Waals surface area contributed by atoms with Gasteiger partial charge in [0.1, 0.15) is 11.6 Å². The van der Waals surface area contributed by atoms with Crippen LogP contribution in [0.15, 0.2) is 18.2 Å². The monoisotopic (exact) mass is 283 g/mol. The van der Waals surface area contributed by atoms with E-state index in [2.05, 4.69) is 9.36 Å². The maximum atomic E-state index is 13.1. The molecule has 2 aromatic rings. The van der Waals surface area contributed by atoms with Crippen molar-refractivity contribution in [1.29, 1.82) is 0 Å². The lowest BCUT2D eigenvalue weighted by Crippen LogP contribution is -2.20. The Kier molecular flexibility index (Phi) is 3.16. The van der Waals surface area contributed by atoms with Crippen molar-refractivity contribution in [2.24, 2.45) is 0 Å². The van der Waals surface area contributed by atoms with E-state index in [-0.39, 0.29) is 6.10 Å². The Labute approximate surface area is 112 Å². The molecule has 0 aliphatic carbocycles. The first-order valence-electron chi connectivity index (χ1n) is 5.85. The lowest BCUT2D eigenvalue weighted by Gasteiger charge is -2.11. The van der Waals surface area contributed by atoms with Gasteiger partial charge in [-0.05, 0) is 18.6 Å². The van der Waals surface area contributed by atoms with Crippen LogP contribution in [-0.2, 0) is 0 Å².